The summed E-state index contributed by atoms with van der Waals surface area (Å²) in [5.41, 5.74) is 8.24. The number of nitrogens with zero attached hydrogens (tertiary/aromatic N) is 1. The zero-order valence-corrected chi connectivity index (χ0v) is 12.4. The molecule has 0 bridgehead atoms. The Morgan fingerprint density at radius 3 is 2.70 bits per heavy atom. The molecule has 11 nitrogen and oxygen atoms in total. The molecule has 128 valence electrons. The molecule has 11 heteroatoms. The van der Waals surface area contributed by atoms with Crippen LogP contribution in [0.4, 0.5) is 0 Å². The smallest absolute Gasteiger partial charge is 0.341 e. The first-order chi connectivity index (χ1) is 10.8. The van der Waals surface area contributed by atoms with Crippen molar-refractivity contribution in [1.29, 1.82) is 0 Å². The number of hydroxylamine groups is 1. The quantitative estimate of drug-likeness (QED) is 0.262. The summed E-state index contributed by atoms with van der Waals surface area (Å²) < 4.78 is 0. The molecular formula is C12H19N5O6. The Labute approximate surface area is 131 Å². The summed E-state index contributed by atoms with van der Waals surface area (Å²) in [5, 5.41) is 19.9. The van der Waals surface area contributed by atoms with Crippen LogP contribution in [0.2, 0.25) is 0 Å². The second-order valence-electron chi connectivity index (χ2n) is 4.71. The van der Waals surface area contributed by atoms with Crippen molar-refractivity contribution >= 4 is 17.8 Å². The molecule has 1 amide bonds. The molecule has 0 aliphatic rings. The Morgan fingerprint density at radius 2 is 2.17 bits per heavy atom. The summed E-state index contributed by atoms with van der Waals surface area (Å²) in [7, 11) is 0. The van der Waals surface area contributed by atoms with Crippen molar-refractivity contribution < 1.29 is 29.4 Å². The number of aliphatic hydroxyl groups is 1. The minimum absolute atomic E-state index is 0.121. The standard InChI is InChI=1S/C12H19N5O6/c1-6(11(20)21)16-10(19)9(4-18)17-23-12(22)8(13)2-7-3-14-5-15-7/h3,5-6,8-9,17-18H,2,4,13H2,1H3,(H,14,15)(H,16,19)(H,20,21)/t6-,8-,9-/m1/s1. The number of H-pyrrole nitrogens is 1. The van der Waals surface area contributed by atoms with Crippen LogP contribution >= 0.6 is 0 Å². The van der Waals surface area contributed by atoms with Crippen LogP contribution in [0.3, 0.4) is 0 Å². The molecule has 0 unspecified atom stereocenters. The van der Waals surface area contributed by atoms with Crippen molar-refractivity contribution in [2.75, 3.05) is 6.61 Å². The van der Waals surface area contributed by atoms with E-state index in [2.05, 4.69) is 25.6 Å². The fraction of sp³-hybridized carbons (Fsp3) is 0.500. The first-order valence-corrected chi connectivity index (χ1v) is 6.68. The Bertz CT molecular complexity index is 534. The van der Waals surface area contributed by atoms with Gasteiger partial charge in [-0.15, -0.1) is 5.48 Å². The van der Waals surface area contributed by atoms with E-state index in [-0.39, 0.29) is 6.42 Å². The first kappa shape index (κ1) is 18.5. The van der Waals surface area contributed by atoms with Gasteiger partial charge < -0.3 is 31.1 Å². The number of aromatic nitrogens is 2. The normalized spacial score (nSPS) is 14.6. The van der Waals surface area contributed by atoms with Gasteiger partial charge in [-0.25, -0.2) is 9.78 Å². The number of carboxylic acid groups (broad SMARTS) is 1. The number of rotatable bonds is 9. The number of nitrogens with one attached hydrogen (secondary N) is 3. The van der Waals surface area contributed by atoms with Gasteiger partial charge in [0.25, 0.3) is 0 Å². The van der Waals surface area contributed by atoms with E-state index in [0.29, 0.717) is 5.69 Å². The van der Waals surface area contributed by atoms with Crippen LogP contribution in [0.5, 0.6) is 0 Å². The lowest BCUT2D eigenvalue weighted by Crippen LogP contribution is -2.52. The first-order valence-electron chi connectivity index (χ1n) is 6.68. The molecular weight excluding hydrogens is 310 g/mol. The lowest BCUT2D eigenvalue weighted by Gasteiger charge is -2.18. The van der Waals surface area contributed by atoms with Crippen LogP contribution in [0.15, 0.2) is 12.5 Å². The van der Waals surface area contributed by atoms with Gasteiger partial charge in [-0.2, -0.15) is 0 Å². The van der Waals surface area contributed by atoms with Crippen molar-refractivity contribution in [3.8, 4) is 0 Å². The summed E-state index contributed by atoms with van der Waals surface area (Å²) in [5.74, 6) is -2.94. The third kappa shape index (κ3) is 6.02. The molecule has 0 saturated heterocycles. The number of aromatic amines is 1. The monoisotopic (exact) mass is 329 g/mol. The van der Waals surface area contributed by atoms with E-state index < -0.39 is 42.6 Å². The van der Waals surface area contributed by atoms with Gasteiger partial charge >= 0.3 is 11.9 Å². The SMILES string of the molecule is C[C@@H](NC(=O)[C@@H](CO)NOC(=O)[C@H](N)Cc1c[nH]cn1)C(=O)O. The number of hydrogen-bond donors (Lipinski definition) is 6. The van der Waals surface area contributed by atoms with Gasteiger partial charge in [-0.3, -0.25) is 9.59 Å². The number of carbonyl (C=O) groups excluding carboxylic acids is 2. The summed E-state index contributed by atoms with van der Waals surface area (Å²) in [4.78, 5) is 45.3. The van der Waals surface area contributed by atoms with Gasteiger partial charge in [0.15, 0.2) is 0 Å². The van der Waals surface area contributed by atoms with Crippen molar-refractivity contribution in [1.82, 2.24) is 20.8 Å². The molecule has 0 saturated carbocycles. The third-order valence-corrected chi connectivity index (χ3v) is 2.82. The second kappa shape index (κ2) is 8.82. The molecule has 3 atom stereocenters. The van der Waals surface area contributed by atoms with E-state index in [1.54, 1.807) is 6.20 Å². The van der Waals surface area contributed by atoms with Gasteiger partial charge in [0.2, 0.25) is 5.91 Å². The largest absolute Gasteiger partial charge is 0.480 e. The van der Waals surface area contributed by atoms with E-state index in [1.165, 1.54) is 13.3 Å². The molecule has 0 spiro atoms. The molecule has 1 heterocycles. The maximum atomic E-state index is 11.7. The van der Waals surface area contributed by atoms with Crippen molar-refractivity contribution in [2.45, 2.75) is 31.5 Å². The zero-order valence-electron chi connectivity index (χ0n) is 12.4. The number of carboxylic acids is 1. The van der Waals surface area contributed by atoms with Crippen LogP contribution in [0, 0.1) is 0 Å². The predicted molar refractivity (Wildman–Crippen MR) is 75.6 cm³/mol. The van der Waals surface area contributed by atoms with Crippen molar-refractivity contribution in [3.05, 3.63) is 18.2 Å². The number of carbonyl (C=O) groups is 3. The highest BCUT2D eigenvalue weighted by molar-refractivity contribution is 5.87. The third-order valence-electron chi connectivity index (χ3n) is 2.82. The van der Waals surface area contributed by atoms with Crippen LogP contribution < -0.4 is 16.5 Å². The van der Waals surface area contributed by atoms with Crippen molar-refractivity contribution in [2.24, 2.45) is 5.73 Å². The minimum atomic E-state index is -1.32. The average molecular weight is 329 g/mol. The number of nitrogens with two attached hydrogens (primary N) is 1. The van der Waals surface area contributed by atoms with Crippen LogP contribution in [-0.2, 0) is 25.6 Å². The van der Waals surface area contributed by atoms with Gasteiger partial charge in [0.05, 0.1) is 18.6 Å². The van der Waals surface area contributed by atoms with Gasteiger partial charge in [-0.05, 0) is 6.92 Å². The van der Waals surface area contributed by atoms with Gasteiger partial charge in [-0.1, -0.05) is 0 Å². The van der Waals surface area contributed by atoms with Crippen LogP contribution in [0.25, 0.3) is 0 Å². The Balaban J connectivity index is 2.44. The Morgan fingerprint density at radius 1 is 1.48 bits per heavy atom. The molecule has 0 radical (unpaired) electrons. The second-order valence-corrected chi connectivity index (χ2v) is 4.71. The molecule has 0 aliphatic carbocycles. The summed E-state index contributed by atoms with van der Waals surface area (Å²) in [6.45, 7) is 0.542. The summed E-state index contributed by atoms with van der Waals surface area (Å²) in [6.07, 6.45) is 3.12. The molecule has 0 aromatic carbocycles. The van der Waals surface area contributed by atoms with Gasteiger partial charge in [0, 0.05) is 12.6 Å². The van der Waals surface area contributed by atoms with E-state index in [4.69, 9.17) is 15.9 Å². The van der Waals surface area contributed by atoms with E-state index in [9.17, 15) is 14.4 Å². The Hall–Kier alpha value is -2.50. The van der Waals surface area contributed by atoms with E-state index in [0.717, 1.165) is 0 Å². The minimum Gasteiger partial charge on any atom is -0.480 e. The van der Waals surface area contributed by atoms with Crippen LogP contribution in [0.1, 0.15) is 12.6 Å². The maximum Gasteiger partial charge on any atom is 0.341 e. The topological polar surface area (TPSA) is 180 Å². The van der Waals surface area contributed by atoms with Crippen LogP contribution in [-0.4, -0.2) is 62.8 Å². The summed E-state index contributed by atoms with van der Waals surface area (Å²) >= 11 is 0. The highest BCUT2D eigenvalue weighted by Gasteiger charge is 2.24. The number of aliphatic hydroxyl groups excluding tert-OH is 1. The van der Waals surface area contributed by atoms with E-state index in [1.807, 2.05) is 0 Å². The molecule has 0 aliphatic heterocycles. The fourth-order valence-corrected chi connectivity index (χ4v) is 1.47. The van der Waals surface area contributed by atoms with Crippen molar-refractivity contribution in [3.63, 3.8) is 0 Å². The fourth-order valence-electron chi connectivity index (χ4n) is 1.47. The zero-order chi connectivity index (χ0) is 17.4. The molecule has 1 rings (SSSR count). The number of hydrogen-bond acceptors (Lipinski definition) is 8. The van der Waals surface area contributed by atoms with Gasteiger partial charge in [0.1, 0.15) is 18.1 Å². The summed E-state index contributed by atoms with van der Waals surface area (Å²) in [6, 6.07) is -3.50. The highest BCUT2D eigenvalue weighted by Crippen LogP contribution is 1.98. The Kier molecular flexibility index (Phi) is 7.12. The van der Waals surface area contributed by atoms with E-state index >= 15 is 0 Å². The maximum absolute atomic E-state index is 11.7. The molecule has 1 aromatic rings. The number of imidazole rings is 1. The predicted octanol–water partition coefficient (Wildman–Crippen LogP) is -2.72. The molecule has 0 fully saturated rings. The highest BCUT2D eigenvalue weighted by atomic mass is 16.7. The molecule has 7 N–H and O–H groups in total. The lowest BCUT2D eigenvalue weighted by molar-refractivity contribution is -0.157. The number of amides is 1. The lowest BCUT2D eigenvalue weighted by atomic mass is 10.2. The number of aliphatic carboxylic acids is 1. The average Bonchev–Trinajstić information content (AvgIpc) is 3.00. The molecule has 1 aromatic heterocycles. The molecule has 23 heavy (non-hydrogen) atoms.